The highest BCUT2D eigenvalue weighted by Gasteiger charge is 2.17. The van der Waals surface area contributed by atoms with E-state index in [-0.39, 0.29) is 11.8 Å². The van der Waals surface area contributed by atoms with Gasteiger partial charge in [-0.2, -0.15) is 0 Å². The van der Waals surface area contributed by atoms with Crippen molar-refractivity contribution in [2.24, 2.45) is 0 Å². The Morgan fingerprint density at radius 1 is 0.852 bits per heavy atom. The van der Waals surface area contributed by atoms with Crippen LogP contribution >= 0.6 is 23.2 Å². The molecule has 0 aliphatic carbocycles. The predicted molar refractivity (Wildman–Crippen MR) is 113 cm³/mol. The minimum atomic E-state index is 0.0257. The van der Waals surface area contributed by atoms with Gasteiger partial charge in [-0.15, -0.1) is 0 Å². The molecule has 0 unspecified atom stereocenters. The highest BCUT2D eigenvalue weighted by Crippen LogP contribution is 2.27. The largest absolute Gasteiger partial charge is 0.356 e. The molecule has 0 aliphatic rings. The molecular formula is C23H21Cl2NO. The first-order chi connectivity index (χ1) is 13.1. The van der Waals surface area contributed by atoms with E-state index in [0.717, 1.165) is 16.7 Å². The molecule has 0 heterocycles. The normalized spacial score (nSPS) is 10.8. The minimum Gasteiger partial charge on any atom is -0.356 e. The Morgan fingerprint density at radius 3 is 2.00 bits per heavy atom. The molecule has 0 saturated heterocycles. The van der Waals surface area contributed by atoms with Crippen LogP contribution in [0.3, 0.4) is 0 Å². The summed E-state index contributed by atoms with van der Waals surface area (Å²) < 4.78 is 0. The Kier molecular flexibility index (Phi) is 6.92. The van der Waals surface area contributed by atoms with E-state index in [1.807, 2.05) is 48.5 Å². The average molecular weight is 398 g/mol. The van der Waals surface area contributed by atoms with Gasteiger partial charge in [-0.1, -0.05) is 89.9 Å². The van der Waals surface area contributed by atoms with Gasteiger partial charge in [-0.3, -0.25) is 4.79 Å². The smallest absolute Gasteiger partial charge is 0.220 e. The maximum absolute atomic E-state index is 12.6. The summed E-state index contributed by atoms with van der Waals surface area (Å²) in [5, 5.41) is 4.25. The van der Waals surface area contributed by atoms with E-state index in [9.17, 15) is 4.79 Å². The van der Waals surface area contributed by atoms with Gasteiger partial charge in [0.25, 0.3) is 0 Å². The molecule has 3 rings (SSSR count). The molecule has 0 spiro atoms. The van der Waals surface area contributed by atoms with Gasteiger partial charge < -0.3 is 5.32 Å². The lowest BCUT2D eigenvalue weighted by Gasteiger charge is -2.18. The van der Waals surface area contributed by atoms with Gasteiger partial charge in [0.15, 0.2) is 0 Å². The van der Waals surface area contributed by atoms with Crippen molar-refractivity contribution in [1.29, 1.82) is 0 Å². The highest BCUT2D eigenvalue weighted by atomic mass is 35.5. The second-order valence-corrected chi connectivity index (χ2v) is 7.26. The maximum Gasteiger partial charge on any atom is 0.220 e. The quantitative estimate of drug-likeness (QED) is 0.530. The average Bonchev–Trinajstić information content (AvgIpc) is 2.69. The van der Waals surface area contributed by atoms with Crippen molar-refractivity contribution >= 4 is 29.1 Å². The molecule has 1 N–H and O–H groups in total. The summed E-state index contributed by atoms with van der Waals surface area (Å²) >= 11 is 12.1. The molecule has 138 valence electrons. The molecule has 0 bridgehead atoms. The molecule has 4 heteroatoms. The molecule has 27 heavy (non-hydrogen) atoms. The van der Waals surface area contributed by atoms with Crippen LogP contribution in [0, 0.1) is 0 Å². The molecule has 0 saturated carbocycles. The number of rotatable bonds is 7. The Labute approximate surface area is 170 Å². The number of benzene rings is 3. The zero-order valence-electron chi connectivity index (χ0n) is 14.9. The fourth-order valence-corrected chi connectivity index (χ4v) is 3.62. The third kappa shape index (κ3) is 5.59. The molecule has 0 fully saturated rings. The van der Waals surface area contributed by atoms with Crippen LogP contribution in [0.25, 0.3) is 0 Å². The van der Waals surface area contributed by atoms with E-state index < -0.39 is 0 Å². The number of nitrogens with one attached hydrogen (secondary N) is 1. The molecule has 3 aromatic carbocycles. The first kappa shape index (κ1) is 19.5. The van der Waals surface area contributed by atoms with Crippen LogP contribution in [0.1, 0.15) is 29.0 Å². The lowest BCUT2D eigenvalue weighted by Crippen LogP contribution is -2.27. The van der Waals surface area contributed by atoms with Crippen LogP contribution in [0.4, 0.5) is 0 Å². The van der Waals surface area contributed by atoms with Gasteiger partial charge in [0, 0.05) is 28.9 Å². The summed E-state index contributed by atoms with van der Waals surface area (Å²) in [5.74, 6) is 0.0595. The number of hydrogen-bond acceptors (Lipinski definition) is 1. The van der Waals surface area contributed by atoms with Crippen LogP contribution in [-0.2, 0) is 11.2 Å². The number of hydrogen-bond donors (Lipinski definition) is 1. The zero-order valence-corrected chi connectivity index (χ0v) is 16.4. The van der Waals surface area contributed by atoms with Gasteiger partial charge in [-0.05, 0) is 35.2 Å². The van der Waals surface area contributed by atoms with Crippen molar-refractivity contribution in [3.63, 3.8) is 0 Å². The van der Waals surface area contributed by atoms with Crippen LogP contribution in [0.2, 0.25) is 10.0 Å². The van der Waals surface area contributed by atoms with Gasteiger partial charge >= 0.3 is 0 Å². The van der Waals surface area contributed by atoms with Gasteiger partial charge in [0.05, 0.1) is 0 Å². The lowest BCUT2D eigenvalue weighted by molar-refractivity contribution is -0.121. The van der Waals surface area contributed by atoms with Crippen molar-refractivity contribution < 1.29 is 4.79 Å². The molecule has 3 aromatic rings. The lowest BCUT2D eigenvalue weighted by atomic mass is 9.88. The van der Waals surface area contributed by atoms with Crippen molar-refractivity contribution in [3.8, 4) is 0 Å². The van der Waals surface area contributed by atoms with Gasteiger partial charge in [-0.25, -0.2) is 0 Å². The number of carbonyl (C=O) groups excluding carboxylic acids is 1. The van der Waals surface area contributed by atoms with E-state index in [1.54, 1.807) is 6.07 Å². The predicted octanol–water partition coefficient (Wildman–Crippen LogP) is 5.87. The summed E-state index contributed by atoms with van der Waals surface area (Å²) in [6.07, 6.45) is 1.07. The van der Waals surface area contributed by atoms with Gasteiger partial charge in [0.1, 0.15) is 0 Å². The molecule has 2 nitrogen and oxygen atoms in total. The number of amides is 1. The van der Waals surface area contributed by atoms with Crippen molar-refractivity contribution in [2.45, 2.75) is 18.8 Å². The highest BCUT2D eigenvalue weighted by molar-refractivity contribution is 6.35. The fourth-order valence-electron chi connectivity index (χ4n) is 3.12. The topological polar surface area (TPSA) is 29.1 Å². The third-order valence-electron chi connectivity index (χ3n) is 4.53. The Bertz CT molecular complexity index is 842. The Hall–Kier alpha value is -2.29. The first-order valence-corrected chi connectivity index (χ1v) is 9.69. The van der Waals surface area contributed by atoms with Crippen LogP contribution in [-0.4, -0.2) is 12.5 Å². The van der Waals surface area contributed by atoms with E-state index >= 15 is 0 Å². The number of carbonyl (C=O) groups is 1. The van der Waals surface area contributed by atoms with E-state index in [4.69, 9.17) is 23.2 Å². The molecule has 1 amide bonds. The summed E-state index contributed by atoms with van der Waals surface area (Å²) in [7, 11) is 0. The summed E-state index contributed by atoms with van der Waals surface area (Å²) in [5.41, 5.74) is 3.25. The van der Waals surface area contributed by atoms with Crippen LogP contribution in [0.15, 0.2) is 78.9 Å². The molecule has 0 atom stereocenters. The SMILES string of the molecule is O=C(CC(c1ccccc1)c1ccccc1)NCCc1ccc(Cl)cc1Cl. The monoisotopic (exact) mass is 397 g/mol. The third-order valence-corrected chi connectivity index (χ3v) is 5.11. The molecule has 0 aromatic heterocycles. The van der Waals surface area contributed by atoms with Crippen molar-refractivity contribution in [1.82, 2.24) is 5.32 Å². The first-order valence-electron chi connectivity index (χ1n) is 8.94. The van der Waals surface area contributed by atoms with Crippen LogP contribution in [0.5, 0.6) is 0 Å². The number of halogens is 2. The van der Waals surface area contributed by atoms with E-state index in [2.05, 4.69) is 29.6 Å². The van der Waals surface area contributed by atoms with Crippen LogP contribution < -0.4 is 5.32 Å². The van der Waals surface area contributed by atoms with Crippen molar-refractivity contribution in [3.05, 3.63) is 106 Å². The Morgan fingerprint density at radius 2 is 1.44 bits per heavy atom. The standard InChI is InChI=1S/C23H21Cl2NO/c24-20-12-11-19(22(25)15-20)13-14-26-23(27)16-21(17-7-3-1-4-8-17)18-9-5-2-6-10-18/h1-12,15,21H,13-14,16H2,(H,26,27). The summed E-state index contributed by atoms with van der Waals surface area (Å²) in [6, 6.07) is 25.7. The fraction of sp³-hybridized carbons (Fsp3) is 0.174. The Balaban J connectivity index is 1.63. The molecule has 0 aliphatic heterocycles. The molecular weight excluding hydrogens is 377 g/mol. The summed E-state index contributed by atoms with van der Waals surface area (Å²) in [6.45, 7) is 0.538. The second-order valence-electron chi connectivity index (χ2n) is 6.41. The summed E-state index contributed by atoms with van der Waals surface area (Å²) in [4.78, 5) is 12.6. The van der Waals surface area contributed by atoms with E-state index in [0.29, 0.717) is 29.4 Å². The van der Waals surface area contributed by atoms with Crippen molar-refractivity contribution in [2.75, 3.05) is 6.54 Å². The van der Waals surface area contributed by atoms with E-state index in [1.165, 1.54) is 0 Å². The zero-order chi connectivity index (χ0) is 19.1. The minimum absolute atomic E-state index is 0.0257. The molecule has 0 radical (unpaired) electrons. The maximum atomic E-state index is 12.6. The second kappa shape index (κ2) is 9.59. The van der Waals surface area contributed by atoms with Gasteiger partial charge in [0.2, 0.25) is 5.91 Å².